The molecule has 0 aromatic heterocycles. The first kappa shape index (κ1) is 13.7. The highest BCUT2D eigenvalue weighted by molar-refractivity contribution is 7.99. The molecule has 1 fully saturated rings. The van der Waals surface area contributed by atoms with E-state index in [0.717, 1.165) is 11.3 Å². The summed E-state index contributed by atoms with van der Waals surface area (Å²) in [6, 6.07) is 8.53. The lowest BCUT2D eigenvalue weighted by Crippen LogP contribution is -2.50. The van der Waals surface area contributed by atoms with Gasteiger partial charge >= 0.3 is 12.1 Å². The predicted molar refractivity (Wildman–Crippen MR) is 72.1 cm³/mol. The standard InChI is InChI=1S/C13H15NO4S/c15-12(16)11-9-19-7-6-14(11)13(17)18-8-10-4-2-1-3-5-10/h1-5,11H,6-9H2,(H,15,16)/t11-/m0/s1. The molecule has 1 aliphatic rings. The zero-order valence-electron chi connectivity index (χ0n) is 10.3. The number of benzene rings is 1. The zero-order chi connectivity index (χ0) is 13.7. The molecule has 0 aliphatic carbocycles. The van der Waals surface area contributed by atoms with Crippen LogP contribution in [0.4, 0.5) is 4.79 Å². The lowest BCUT2D eigenvalue weighted by molar-refractivity contribution is -0.141. The Balaban J connectivity index is 1.93. The molecule has 0 unspecified atom stereocenters. The van der Waals surface area contributed by atoms with Gasteiger partial charge in [-0.15, -0.1) is 0 Å². The molecule has 2 rings (SSSR count). The molecule has 1 heterocycles. The van der Waals surface area contributed by atoms with E-state index in [0.29, 0.717) is 12.3 Å². The van der Waals surface area contributed by atoms with Crippen LogP contribution >= 0.6 is 11.8 Å². The summed E-state index contributed by atoms with van der Waals surface area (Å²) in [6.45, 7) is 0.574. The Hall–Kier alpha value is -1.69. The molecule has 0 radical (unpaired) electrons. The van der Waals surface area contributed by atoms with E-state index in [9.17, 15) is 9.59 Å². The molecule has 0 bridgehead atoms. The molecule has 1 N–H and O–H groups in total. The maximum absolute atomic E-state index is 11.9. The first-order chi connectivity index (χ1) is 9.18. The summed E-state index contributed by atoms with van der Waals surface area (Å²) in [6.07, 6.45) is -0.559. The molecule has 6 heteroatoms. The fourth-order valence-corrected chi connectivity index (χ4v) is 2.87. The van der Waals surface area contributed by atoms with Gasteiger partial charge in [0.1, 0.15) is 12.6 Å². The van der Waals surface area contributed by atoms with Crippen LogP contribution in [0, 0.1) is 0 Å². The molecule has 19 heavy (non-hydrogen) atoms. The quantitative estimate of drug-likeness (QED) is 0.915. The molecule has 0 spiro atoms. The van der Waals surface area contributed by atoms with Crippen molar-refractivity contribution in [1.82, 2.24) is 4.90 Å². The number of carboxylic acids is 1. The van der Waals surface area contributed by atoms with Crippen molar-refractivity contribution in [3.8, 4) is 0 Å². The SMILES string of the molecule is O=C(O)[C@@H]1CSCCN1C(=O)OCc1ccccc1. The minimum absolute atomic E-state index is 0.162. The van der Waals surface area contributed by atoms with Gasteiger partial charge in [0.2, 0.25) is 0 Å². The van der Waals surface area contributed by atoms with Crippen LogP contribution in [0.1, 0.15) is 5.56 Å². The van der Waals surface area contributed by atoms with Crippen LogP contribution < -0.4 is 0 Å². The number of carbonyl (C=O) groups is 2. The number of ether oxygens (including phenoxy) is 1. The normalized spacial score (nSPS) is 18.9. The topological polar surface area (TPSA) is 66.8 Å². The van der Waals surface area contributed by atoms with Crippen LogP contribution in [0.2, 0.25) is 0 Å². The van der Waals surface area contributed by atoms with E-state index in [1.807, 2.05) is 30.3 Å². The molecular weight excluding hydrogens is 266 g/mol. The molecule has 1 aromatic rings. The number of carboxylic acid groups (broad SMARTS) is 1. The van der Waals surface area contributed by atoms with Gasteiger partial charge in [-0.05, 0) is 5.56 Å². The van der Waals surface area contributed by atoms with Crippen molar-refractivity contribution in [2.45, 2.75) is 12.6 Å². The van der Waals surface area contributed by atoms with E-state index < -0.39 is 18.1 Å². The van der Waals surface area contributed by atoms with Crippen molar-refractivity contribution in [2.75, 3.05) is 18.1 Å². The number of nitrogens with zero attached hydrogens (tertiary/aromatic N) is 1. The van der Waals surface area contributed by atoms with Gasteiger partial charge in [-0.1, -0.05) is 30.3 Å². The summed E-state index contributed by atoms with van der Waals surface area (Å²) in [5.41, 5.74) is 0.883. The number of hydrogen-bond acceptors (Lipinski definition) is 4. The van der Waals surface area contributed by atoms with Gasteiger partial charge in [-0.2, -0.15) is 11.8 Å². The van der Waals surface area contributed by atoms with Crippen molar-refractivity contribution in [3.05, 3.63) is 35.9 Å². The Kier molecular flexibility index (Phi) is 4.68. The minimum atomic E-state index is -0.983. The average molecular weight is 281 g/mol. The third-order valence-electron chi connectivity index (χ3n) is 2.85. The Labute approximate surface area is 115 Å². The van der Waals surface area contributed by atoms with Crippen LogP contribution in [0.5, 0.6) is 0 Å². The van der Waals surface area contributed by atoms with E-state index in [-0.39, 0.29) is 6.61 Å². The fraction of sp³-hybridized carbons (Fsp3) is 0.385. The van der Waals surface area contributed by atoms with E-state index in [2.05, 4.69) is 0 Å². The smallest absolute Gasteiger partial charge is 0.410 e. The van der Waals surface area contributed by atoms with Crippen LogP contribution in [-0.2, 0) is 16.1 Å². The highest BCUT2D eigenvalue weighted by Gasteiger charge is 2.33. The van der Waals surface area contributed by atoms with Crippen molar-refractivity contribution >= 4 is 23.8 Å². The molecular formula is C13H15NO4S. The minimum Gasteiger partial charge on any atom is -0.480 e. The Morgan fingerprint density at radius 1 is 1.37 bits per heavy atom. The van der Waals surface area contributed by atoms with Gasteiger partial charge in [0.15, 0.2) is 0 Å². The van der Waals surface area contributed by atoms with E-state index >= 15 is 0 Å². The number of carbonyl (C=O) groups excluding carboxylic acids is 1. The summed E-state index contributed by atoms with van der Waals surface area (Å²) in [5, 5.41) is 9.08. The highest BCUT2D eigenvalue weighted by atomic mass is 32.2. The van der Waals surface area contributed by atoms with Gasteiger partial charge in [0.25, 0.3) is 0 Å². The summed E-state index contributed by atoms with van der Waals surface area (Å²) < 4.78 is 5.16. The molecule has 1 saturated heterocycles. The van der Waals surface area contributed by atoms with Gasteiger partial charge in [0, 0.05) is 18.1 Å². The predicted octanol–water partition coefficient (Wildman–Crippen LogP) is 1.83. The van der Waals surface area contributed by atoms with Crippen LogP contribution in [0.15, 0.2) is 30.3 Å². The Morgan fingerprint density at radius 3 is 2.79 bits per heavy atom. The molecule has 0 saturated carbocycles. The second-order valence-electron chi connectivity index (χ2n) is 4.16. The van der Waals surface area contributed by atoms with Gasteiger partial charge in [-0.3, -0.25) is 4.90 Å². The van der Waals surface area contributed by atoms with Crippen LogP contribution in [-0.4, -0.2) is 46.2 Å². The lowest BCUT2D eigenvalue weighted by atomic mass is 10.2. The molecule has 1 aliphatic heterocycles. The number of hydrogen-bond donors (Lipinski definition) is 1. The third-order valence-corrected chi connectivity index (χ3v) is 3.88. The first-order valence-corrected chi connectivity index (χ1v) is 7.12. The summed E-state index contributed by atoms with van der Waals surface area (Å²) in [5.74, 6) is 0.170. The highest BCUT2D eigenvalue weighted by Crippen LogP contribution is 2.18. The van der Waals surface area contributed by atoms with Gasteiger partial charge in [0.05, 0.1) is 0 Å². The average Bonchev–Trinajstić information content (AvgIpc) is 2.46. The number of aliphatic carboxylic acids is 1. The maximum Gasteiger partial charge on any atom is 0.410 e. The monoisotopic (exact) mass is 281 g/mol. The fourth-order valence-electron chi connectivity index (χ4n) is 1.83. The van der Waals surface area contributed by atoms with E-state index in [4.69, 9.17) is 9.84 Å². The van der Waals surface area contributed by atoms with Gasteiger partial charge in [-0.25, -0.2) is 9.59 Å². The second kappa shape index (κ2) is 6.47. The summed E-state index contributed by atoms with van der Waals surface area (Å²) in [4.78, 5) is 24.3. The Bertz CT molecular complexity index is 451. The third kappa shape index (κ3) is 3.64. The van der Waals surface area contributed by atoms with Crippen LogP contribution in [0.25, 0.3) is 0 Å². The first-order valence-electron chi connectivity index (χ1n) is 5.96. The molecule has 1 amide bonds. The second-order valence-corrected chi connectivity index (χ2v) is 5.31. The largest absolute Gasteiger partial charge is 0.480 e. The van der Waals surface area contributed by atoms with Crippen molar-refractivity contribution in [1.29, 1.82) is 0 Å². The number of amides is 1. The number of thioether (sulfide) groups is 1. The van der Waals surface area contributed by atoms with Crippen molar-refractivity contribution in [3.63, 3.8) is 0 Å². The zero-order valence-corrected chi connectivity index (χ0v) is 11.1. The van der Waals surface area contributed by atoms with Gasteiger partial charge < -0.3 is 9.84 Å². The summed E-state index contributed by atoms with van der Waals surface area (Å²) >= 11 is 1.54. The van der Waals surface area contributed by atoms with Crippen molar-refractivity contribution in [2.24, 2.45) is 0 Å². The van der Waals surface area contributed by atoms with E-state index in [1.54, 1.807) is 0 Å². The molecule has 1 atom stereocenters. The Morgan fingerprint density at radius 2 is 2.11 bits per heavy atom. The maximum atomic E-state index is 11.9. The summed E-state index contributed by atoms with van der Waals surface area (Å²) in [7, 11) is 0. The molecule has 5 nitrogen and oxygen atoms in total. The van der Waals surface area contributed by atoms with Crippen LogP contribution in [0.3, 0.4) is 0 Å². The van der Waals surface area contributed by atoms with E-state index in [1.165, 1.54) is 16.7 Å². The number of rotatable bonds is 3. The van der Waals surface area contributed by atoms with Crippen molar-refractivity contribution < 1.29 is 19.4 Å². The molecule has 1 aromatic carbocycles. The lowest BCUT2D eigenvalue weighted by Gasteiger charge is -2.31. The molecule has 102 valence electrons.